The second kappa shape index (κ2) is 4.79. The number of allylic oxidation sites excluding steroid dienone is 1. The molecule has 0 aromatic rings. The molecule has 0 heterocycles. The van der Waals surface area contributed by atoms with Crippen LogP contribution in [0.2, 0.25) is 0 Å². The first-order chi connectivity index (χ1) is 5.09. The summed E-state index contributed by atoms with van der Waals surface area (Å²) in [5.74, 6) is -2.91. The van der Waals surface area contributed by atoms with Crippen molar-refractivity contribution in [1.82, 2.24) is 0 Å². The standard InChI is InChI=1S/C6H8F2O3/c7-3-1-2-4(8)5(9)6(10)11/h2,5,9H,1,3H2,(H,10,11)/b4-2-. The minimum absolute atomic E-state index is 0.226. The number of carboxylic acids is 1. The molecule has 2 N–H and O–H groups in total. The summed E-state index contributed by atoms with van der Waals surface area (Å²) >= 11 is 0. The molecule has 11 heavy (non-hydrogen) atoms. The monoisotopic (exact) mass is 166 g/mol. The summed E-state index contributed by atoms with van der Waals surface area (Å²) < 4.78 is 23.7. The Bertz CT molecular complexity index is 167. The Hall–Kier alpha value is -0.970. The van der Waals surface area contributed by atoms with E-state index in [1.807, 2.05) is 0 Å². The van der Waals surface area contributed by atoms with Crippen LogP contribution in [-0.2, 0) is 4.79 Å². The van der Waals surface area contributed by atoms with Crippen molar-refractivity contribution in [2.24, 2.45) is 0 Å². The van der Waals surface area contributed by atoms with Crippen molar-refractivity contribution < 1.29 is 23.8 Å². The second-order valence-electron chi connectivity index (χ2n) is 1.81. The van der Waals surface area contributed by atoms with E-state index in [-0.39, 0.29) is 6.42 Å². The number of aliphatic hydroxyl groups excluding tert-OH is 1. The summed E-state index contributed by atoms with van der Waals surface area (Å²) in [4.78, 5) is 9.88. The Labute approximate surface area is 62.0 Å². The average molecular weight is 166 g/mol. The van der Waals surface area contributed by atoms with Crippen LogP contribution in [0.25, 0.3) is 0 Å². The first kappa shape index (κ1) is 10.0. The molecule has 0 aromatic carbocycles. The van der Waals surface area contributed by atoms with Crippen molar-refractivity contribution in [2.75, 3.05) is 6.67 Å². The number of alkyl halides is 1. The molecule has 0 radical (unpaired) electrons. The van der Waals surface area contributed by atoms with Crippen molar-refractivity contribution in [3.8, 4) is 0 Å². The third kappa shape index (κ3) is 3.67. The fourth-order valence-corrected chi connectivity index (χ4v) is 0.422. The lowest BCUT2D eigenvalue weighted by molar-refractivity contribution is -0.145. The van der Waals surface area contributed by atoms with Crippen LogP contribution in [-0.4, -0.2) is 29.0 Å². The van der Waals surface area contributed by atoms with Gasteiger partial charge in [0.2, 0.25) is 6.10 Å². The Kier molecular flexibility index (Phi) is 4.36. The fraction of sp³-hybridized carbons (Fsp3) is 0.500. The third-order valence-corrected chi connectivity index (χ3v) is 0.944. The first-order valence-corrected chi connectivity index (χ1v) is 2.92. The van der Waals surface area contributed by atoms with Crippen LogP contribution in [0.3, 0.4) is 0 Å². The molecule has 0 fully saturated rings. The van der Waals surface area contributed by atoms with Gasteiger partial charge in [-0.2, -0.15) is 0 Å². The average Bonchev–Trinajstić information content (AvgIpc) is 1.98. The number of carboxylic acid groups (broad SMARTS) is 1. The van der Waals surface area contributed by atoms with Gasteiger partial charge in [0.1, 0.15) is 5.83 Å². The van der Waals surface area contributed by atoms with E-state index in [0.29, 0.717) is 6.08 Å². The van der Waals surface area contributed by atoms with Crippen LogP contribution >= 0.6 is 0 Å². The van der Waals surface area contributed by atoms with Gasteiger partial charge >= 0.3 is 5.97 Å². The molecule has 0 saturated carbocycles. The number of halogens is 2. The molecule has 0 aliphatic heterocycles. The van der Waals surface area contributed by atoms with E-state index in [1.54, 1.807) is 0 Å². The van der Waals surface area contributed by atoms with Crippen LogP contribution in [0.5, 0.6) is 0 Å². The van der Waals surface area contributed by atoms with Gasteiger partial charge in [0, 0.05) is 0 Å². The molecule has 1 unspecified atom stereocenters. The molecule has 0 aliphatic carbocycles. The summed E-state index contributed by atoms with van der Waals surface area (Å²) in [6.45, 7) is -0.778. The van der Waals surface area contributed by atoms with Gasteiger partial charge in [-0.3, -0.25) is 4.39 Å². The minimum atomic E-state index is -2.17. The molecule has 0 aromatic heterocycles. The van der Waals surface area contributed by atoms with E-state index in [1.165, 1.54) is 0 Å². The molecule has 5 heteroatoms. The highest BCUT2D eigenvalue weighted by molar-refractivity contribution is 5.75. The molecule has 0 spiro atoms. The zero-order valence-corrected chi connectivity index (χ0v) is 5.63. The Balaban J connectivity index is 4.00. The summed E-state index contributed by atoms with van der Waals surface area (Å²) in [6, 6.07) is 0. The van der Waals surface area contributed by atoms with Crippen LogP contribution in [0, 0.1) is 0 Å². The van der Waals surface area contributed by atoms with E-state index >= 15 is 0 Å². The quantitative estimate of drug-likeness (QED) is 0.644. The number of aliphatic hydroxyl groups is 1. The topological polar surface area (TPSA) is 57.5 Å². The first-order valence-electron chi connectivity index (χ1n) is 2.92. The van der Waals surface area contributed by atoms with Crippen LogP contribution in [0.15, 0.2) is 11.9 Å². The molecule has 0 saturated heterocycles. The van der Waals surface area contributed by atoms with Gasteiger partial charge in [-0.15, -0.1) is 0 Å². The summed E-state index contributed by atoms with van der Waals surface area (Å²) in [6.07, 6.45) is -1.68. The van der Waals surface area contributed by atoms with Gasteiger partial charge in [-0.1, -0.05) is 0 Å². The maximum absolute atomic E-state index is 12.3. The lowest BCUT2D eigenvalue weighted by Gasteiger charge is -2.00. The van der Waals surface area contributed by atoms with Crippen molar-refractivity contribution in [2.45, 2.75) is 12.5 Å². The maximum Gasteiger partial charge on any atom is 0.339 e. The van der Waals surface area contributed by atoms with Gasteiger partial charge in [-0.25, -0.2) is 9.18 Å². The number of carbonyl (C=O) groups is 1. The number of aliphatic carboxylic acids is 1. The molecule has 64 valence electrons. The molecule has 1 atom stereocenters. The number of hydrogen-bond acceptors (Lipinski definition) is 2. The highest BCUT2D eigenvalue weighted by Gasteiger charge is 2.17. The van der Waals surface area contributed by atoms with Crippen LogP contribution in [0.4, 0.5) is 8.78 Å². The Morgan fingerprint density at radius 2 is 2.18 bits per heavy atom. The fourth-order valence-electron chi connectivity index (χ4n) is 0.422. The molecule has 3 nitrogen and oxygen atoms in total. The number of rotatable bonds is 4. The predicted molar refractivity (Wildman–Crippen MR) is 33.4 cm³/mol. The van der Waals surface area contributed by atoms with E-state index < -0.39 is 24.6 Å². The van der Waals surface area contributed by atoms with Gasteiger partial charge in [0.05, 0.1) is 6.67 Å². The van der Waals surface area contributed by atoms with Crippen LogP contribution in [0.1, 0.15) is 6.42 Å². The Morgan fingerprint density at radius 1 is 1.64 bits per heavy atom. The minimum Gasteiger partial charge on any atom is -0.479 e. The second-order valence-corrected chi connectivity index (χ2v) is 1.81. The molecule has 0 bridgehead atoms. The zero-order valence-electron chi connectivity index (χ0n) is 5.63. The number of hydrogen-bond donors (Lipinski definition) is 2. The van der Waals surface area contributed by atoms with E-state index in [9.17, 15) is 13.6 Å². The Morgan fingerprint density at radius 3 is 2.55 bits per heavy atom. The van der Waals surface area contributed by atoms with E-state index in [2.05, 4.69) is 0 Å². The van der Waals surface area contributed by atoms with Gasteiger partial charge < -0.3 is 10.2 Å². The van der Waals surface area contributed by atoms with Crippen LogP contribution < -0.4 is 0 Å². The SMILES string of the molecule is O=C(O)C(O)/C(F)=C/CCF. The summed E-state index contributed by atoms with van der Waals surface area (Å²) in [7, 11) is 0. The highest BCUT2D eigenvalue weighted by Crippen LogP contribution is 2.05. The van der Waals surface area contributed by atoms with E-state index in [4.69, 9.17) is 10.2 Å². The predicted octanol–water partition coefficient (Wildman–Crippen LogP) is 0.645. The van der Waals surface area contributed by atoms with Crippen molar-refractivity contribution in [3.63, 3.8) is 0 Å². The summed E-state index contributed by atoms with van der Waals surface area (Å²) in [5, 5.41) is 16.5. The van der Waals surface area contributed by atoms with Crippen molar-refractivity contribution in [3.05, 3.63) is 11.9 Å². The molecule has 0 rings (SSSR count). The lowest BCUT2D eigenvalue weighted by Crippen LogP contribution is -2.19. The van der Waals surface area contributed by atoms with Gasteiger partial charge in [-0.05, 0) is 12.5 Å². The summed E-state index contributed by atoms with van der Waals surface area (Å²) in [5.41, 5.74) is 0. The van der Waals surface area contributed by atoms with E-state index in [0.717, 1.165) is 0 Å². The zero-order chi connectivity index (χ0) is 8.85. The normalized spacial score (nSPS) is 14.6. The molecular weight excluding hydrogens is 158 g/mol. The smallest absolute Gasteiger partial charge is 0.339 e. The molecular formula is C6H8F2O3. The van der Waals surface area contributed by atoms with Gasteiger partial charge in [0.25, 0.3) is 0 Å². The van der Waals surface area contributed by atoms with Crippen molar-refractivity contribution >= 4 is 5.97 Å². The largest absolute Gasteiger partial charge is 0.479 e. The lowest BCUT2D eigenvalue weighted by atomic mass is 10.3. The van der Waals surface area contributed by atoms with Gasteiger partial charge in [0.15, 0.2) is 0 Å². The molecule has 0 amide bonds. The molecule has 0 aliphatic rings. The maximum atomic E-state index is 12.3. The highest BCUT2D eigenvalue weighted by atomic mass is 19.1. The van der Waals surface area contributed by atoms with Crippen molar-refractivity contribution in [1.29, 1.82) is 0 Å². The third-order valence-electron chi connectivity index (χ3n) is 0.944.